The molecule has 2 N–H and O–H groups in total. The number of carbonyl (C=O) groups is 2. The topological polar surface area (TPSA) is 74.6 Å². The predicted octanol–water partition coefficient (Wildman–Crippen LogP) is 3.19. The van der Waals surface area contributed by atoms with Crippen LogP contribution in [0.1, 0.15) is 30.4 Å². The highest BCUT2D eigenvalue weighted by Gasteiger charge is 2.10. The Morgan fingerprint density at radius 1 is 0.652 bits per heavy atom. The molecule has 0 heterocycles. The number of benzene rings is 2. The number of phenolic OH excluding ortho intramolecular Hbond substituents is 2. The Kier molecular flexibility index (Phi) is 5.92. The van der Waals surface area contributed by atoms with Gasteiger partial charge in [0.1, 0.15) is 23.1 Å². The van der Waals surface area contributed by atoms with Crippen molar-refractivity contribution in [3.8, 4) is 11.5 Å². The van der Waals surface area contributed by atoms with Gasteiger partial charge in [0.15, 0.2) is 0 Å². The molecule has 0 spiro atoms. The number of ketones is 2. The molecule has 120 valence electrons. The summed E-state index contributed by atoms with van der Waals surface area (Å²) in [5, 5.41) is 18.4. The Balaban J connectivity index is 1.70. The van der Waals surface area contributed by atoms with Crippen molar-refractivity contribution >= 4 is 11.6 Å². The molecule has 0 unspecified atom stereocenters. The smallest absolute Gasteiger partial charge is 0.140 e. The SMILES string of the molecule is O=C(CCc1ccc(O)cc1)CC(=O)CCc1ccc(O)cc1. The number of aromatic hydroxyl groups is 2. The van der Waals surface area contributed by atoms with Gasteiger partial charge in [-0.1, -0.05) is 24.3 Å². The molecule has 0 saturated heterocycles. The molecular weight excluding hydrogens is 292 g/mol. The first-order valence-corrected chi connectivity index (χ1v) is 7.62. The molecule has 0 aliphatic rings. The van der Waals surface area contributed by atoms with E-state index in [0.717, 1.165) is 11.1 Å². The summed E-state index contributed by atoms with van der Waals surface area (Å²) in [7, 11) is 0. The summed E-state index contributed by atoms with van der Waals surface area (Å²) < 4.78 is 0. The quantitative estimate of drug-likeness (QED) is 0.734. The Hall–Kier alpha value is -2.62. The van der Waals surface area contributed by atoms with Crippen LogP contribution in [-0.4, -0.2) is 21.8 Å². The average Bonchev–Trinajstić information content (AvgIpc) is 2.54. The fourth-order valence-electron chi connectivity index (χ4n) is 2.29. The summed E-state index contributed by atoms with van der Waals surface area (Å²) >= 11 is 0. The van der Waals surface area contributed by atoms with Crippen molar-refractivity contribution in [2.45, 2.75) is 32.1 Å². The van der Waals surface area contributed by atoms with Crippen molar-refractivity contribution < 1.29 is 19.8 Å². The third-order valence-electron chi connectivity index (χ3n) is 3.65. The molecule has 0 radical (unpaired) electrons. The molecule has 0 aliphatic carbocycles. The monoisotopic (exact) mass is 312 g/mol. The predicted molar refractivity (Wildman–Crippen MR) is 87.5 cm³/mol. The van der Waals surface area contributed by atoms with Crippen molar-refractivity contribution in [3.63, 3.8) is 0 Å². The summed E-state index contributed by atoms with van der Waals surface area (Å²) in [6.45, 7) is 0. The summed E-state index contributed by atoms with van der Waals surface area (Å²) in [5.41, 5.74) is 1.93. The highest BCUT2D eigenvalue weighted by atomic mass is 16.3. The molecule has 23 heavy (non-hydrogen) atoms. The van der Waals surface area contributed by atoms with Gasteiger partial charge in [-0.2, -0.15) is 0 Å². The second-order valence-corrected chi connectivity index (χ2v) is 5.59. The van der Waals surface area contributed by atoms with Gasteiger partial charge in [0.05, 0.1) is 6.42 Å². The van der Waals surface area contributed by atoms with E-state index >= 15 is 0 Å². The molecule has 2 aromatic carbocycles. The number of hydrogen-bond donors (Lipinski definition) is 2. The lowest BCUT2D eigenvalue weighted by Crippen LogP contribution is -2.09. The number of aryl methyl sites for hydroxylation is 2. The highest BCUT2D eigenvalue weighted by Crippen LogP contribution is 2.13. The van der Waals surface area contributed by atoms with Crippen LogP contribution in [-0.2, 0) is 22.4 Å². The van der Waals surface area contributed by atoms with Crippen LogP contribution in [0.3, 0.4) is 0 Å². The minimum atomic E-state index is -0.0613. The summed E-state index contributed by atoms with van der Waals surface area (Å²) in [5.74, 6) is 0.275. The molecule has 4 heteroatoms. The van der Waals surface area contributed by atoms with Crippen molar-refractivity contribution in [3.05, 3.63) is 59.7 Å². The number of hydrogen-bond acceptors (Lipinski definition) is 4. The van der Waals surface area contributed by atoms with Gasteiger partial charge in [-0.15, -0.1) is 0 Å². The lowest BCUT2D eigenvalue weighted by molar-refractivity contribution is -0.126. The maximum atomic E-state index is 11.8. The van der Waals surface area contributed by atoms with Crippen LogP contribution >= 0.6 is 0 Å². The van der Waals surface area contributed by atoms with E-state index in [1.807, 2.05) is 0 Å². The van der Waals surface area contributed by atoms with Crippen LogP contribution < -0.4 is 0 Å². The van der Waals surface area contributed by atoms with Gasteiger partial charge in [-0.05, 0) is 48.2 Å². The number of rotatable bonds is 8. The standard InChI is InChI=1S/C19H20O4/c20-16-7-1-14(2-8-16)5-11-18(22)13-19(23)12-6-15-3-9-17(21)10-4-15/h1-4,7-10,20-21H,5-6,11-13H2. The molecule has 0 aromatic heterocycles. The van der Waals surface area contributed by atoms with Crippen LogP contribution in [0.15, 0.2) is 48.5 Å². The van der Waals surface area contributed by atoms with Crippen molar-refractivity contribution in [1.29, 1.82) is 0 Å². The average molecular weight is 312 g/mol. The Morgan fingerprint density at radius 2 is 1.00 bits per heavy atom. The van der Waals surface area contributed by atoms with Crippen molar-refractivity contribution in [1.82, 2.24) is 0 Å². The Bertz CT molecular complexity index is 597. The molecule has 4 nitrogen and oxygen atoms in total. The third kappa shape index (κ3) is 5.94. The van der Waals surface area contributed by atoms with Crippen LogP contribution in [0, 0.1) is 0 Å². The minimum Gasteiger partial charge on any atom is -0.508 e. The zero-order chi connectivity index (χ0) is 16.7. The molecule has 2 aromatic rings. The molecule has 0 atom stereocenters. The van der Waals surface area contributed by atoms with Gasteiger partial charge >= 0.3 is 0 Å². The van der Waals surface area contributed by atoms with E-state index < -0.39 is 0 Å². The van der Waals surface area contributed by atoms with Gasteiger partial charge < -0.3 is 10.2 Å². The van der Waals surface area contributed by atoms with Crippen LogP contribution in [0.4, 0.5) is 0 Å². The lowest BCUT2D eigenvalue weighted by Gasteiger charge is -2.03. The number of Topliss-reactive ketones (excluding diaryl/α,β-unsaturated/α-hetero) is 2. The van der Waals surface area contributed by atoms with E-state index in [4.69, 9.17) is 0 Å². The fourth-order valence-corrected chi connectivity index (χ4v) is 2.29. The van der Waals surface area contributed by atoms with Gasteiger partial charge in [0.25, 0.3) is 0 Å². The van der Waals surface area contributed by atoms with Gasteiger partial charge in [-0.3, -0.25) is 9.59 Å². The number of phenols is 2. The van der Waals surface area contributed by atoms with Gasteiger partial charge in [0, 0.05) is 12.8 Å². The summed E-state index contributed by atoms with van der Waals surface area (Å²) in [4.78, 5) is 23.7. The first-order chi connectivity index (χ1) is 11.0. The van der Waals surface area contributed by atoms with E-state index in [0.29, 0.717) is 25.7 Å². The first-order valence-electron chi connectivity index (χ1n) is 7.62. The van der Waals surface area contributed by atoms with Crippen molar-refractivity contribution in [2.24, 2.45) is 0 Å². The third-order valence-corrected chi connectivity index (χ3v) is 3.65. The second kappa shape index (κ2) is 8.13. The zero-order valence-electron chi connectivity index (χ0n) is 12.9. The van der Waals surface area contributed by atoms with Gasteiger partial charge in [-0.25, -0.2) is 0 Å². The first kappa shape index (κ1) is 16.7. The molecule has 2 rings (SSSR count). The molecule has 0 fully saturated rings. The van der Waals surface area contributed by atoms with E-state index in [1.165, 1.54) is 0 Å². The Morgan fingerprint density at radius 3 is 1.35 bits per heavy atom. The van der Waals surface area contributed by atoms with Crippen LogP contribution in [0.2, 0.25) is 0 Å². The second-order valence-electron chi connectivity index (χ2n) is 5.59. The largest absolute Gasteiger partial charge is 0.508 e. The maximum Gasteiger partial charge on any atom is 0.140 e. The van der Waals surface area contributed by atoms with E-state index in [1.54, 1.807) is 48.5 Å². The summed E-state index contributed by atoms with van der Waals surface area (Å²) in [6.07, 6.45) is 1.77. The van der Waals surface area contributed by atoms with E-state index in [2.05, 4.69) is 0 Å². The van der Waals surface area contributed by atoms with Crippen molar-refractivity contribution in [2.75, 3.05) is 0 Å². The number of carbonyl (C=O) groups excluding carboxylic acids is 2. The highest BCUT2D eigenvalue weighted by molar-refractivity contribution is 5.99. The summed E-state index contributed by atoms with van der Waals surface area (Å²) in [6, 6.07) is 13.4. The molecule has 0 bridgehead atoms. The maximum absolute atomic E-state index is 11.8. The zero-order valence-corrected chi connectivity index (χ0v) is 12.9. The Labute approximate surface area is 135 Å². The molecule has 0 aliphatic heterocycles. The fraction of sp³-hybridized carbons (Fsp3) is 0.263. The molecular formula is C19H20O4. The van der Waals surface area contributed by atoms with E-state index in [-0.39, 0.29) is 29.5 Å². The van der Waals surface area contributed by atoms with Crippen LogP contribution in [0.5, 0.6) is 11.5 Å². The van der Waals surface area contributed by atoms with E-state index in [9.17, 15) is 19.8 Å². The minimum absolute atomic E-state index is 0.0316. The van der Waals surface area contributed by atoms with Gasteiger partial charge in [0.2, 0.25) is 0 Å². The molecule has 0 saturated carbocycles. The molecule has 0 amide bonds. The lowest BCUT2D eigenvalue weighted by atomic mass is 10.0. The normalized spacial score (nSPS) is 10.4. The van der Waals surface area contributed by atoms with Crippen LogP contribution in [0.25, 0.3) is 0 Å².